The predicted molar refractivity (Wildman–Crippen MR) is 368 cm³/mol. The molecule has 11 rings (SSSR count). The summed E-state index contributed by atoms with van der Waals surface area (Å²) >= 11 is 0. The van der Waals surface area contributed by atoms with Gasteiger partial charge in [0.05, 0.1) is 24.9 Å². The van der Waals surface area contributed by atoms with Gasteiger partial charge in [-0.25, -0.2) is 9.18 Å². The average Bonchev–Trinajstić information content (AvgIpc) is 1.42. The van der Waals surface area contributed by atoms with Gasteiger partial charge in [-0.15, -0.1) is 0 Å². The van der Waals surface area contributed by atoms with Crippen molar-refractivity contribution >= 4 is 35.9 Å². The van der Waals surface area contributed by atoms with Crippen LogP contribution in [0.4, 0.5) is 9.18 Å². The van der Waals surface area contributed by atoms with Crippen LogP contribution in [0, 0.1) is 28.6 Å². The number of unbranched alkanes of at least 4 members (excludes halogenated alkanes) is 4. The van der Waals surface area contributed by atoms with E-state index in [4.69, 9.17) is 28.2 Å². The van der Waals surface area contributed by atoms with Crippen LogP contribution in [-0.2, 0) is 66.5 Å². The smallest absolute Gasteiger partial charge is 0.410 e. The molecule has 504 valence electrons. The van der Waals surface area contributed by atoms with Gasteiger partial charge in [-0.05, 0) is 167 Å². The Morgan fingerprint density at radius 2 is 1.40 bits per heavy atom. The first-order valence-corrected chi connectivity index (χ1v) is 38.5. The van der Waals surface area contributed by atoms with Gasteiger partial charge in [0, 0.05) is 61.3 Å². The molecule has 0 spiro atoms. The molecule has 2 heterocycles. The number of Topliss-reactive ketones (excluding diaryl/α,β-unsaturated/α-hetero) is 1. The van der Waals surface area contributed by atoms with Crippen LogP contribution in [-0.4, -0.2) is 126 Å². The van der Waals surface area contributed by atoms with Crippen molar-refractivity contribution in [1.29, 1.82) is 0 Å². The quantitative estimate of drug-likeness (QED) is 0.0221. The molecule has 0 bridgehead atoms. The van der Waals surface area contributed by atoms with Crippen molar-refractivity contribution in [2.75, 3.05) is 57.7 Å². The number of hydrogen-bond acceptors (Lipinski definition) is 12. The SMILES string of the molecule is CC(C)(C)OC(=O)N(CCCCCCOCCCCc1ccccc1)CC(O)c1ccc(OP(C)(C)=O)c(C[S+]2CCC([C@@H]3O[C@@H]4C[C@H]5[C@@H]6CCC7=CC(=O)C=C[C@]7(C)[C@@]6(F)[C@@H](O)C[C@]5(C)[C@]4(C(=O)COC(c4ccccc4)(c4ccccc4)c4ccccc4)O3)CC2)c1. The zero-order chi connectivity index (χ0) is 66.5. The molecular formula is C78H98FNO12PS+. The number of amides is 1. The first-order valence-electron chi connectivity index (χ1n) is 34.2. The molecule has 16 heteroatoms. The van der Waals surface area contributed by atoms with Crippen LogP contribution < -0.4 is 4.52 Å². The van der Waals surface area contributed by atoms with Gasteiger partial charge in [0.1, 0.15) is 40.8 Å². The highest BCUT2D eigenvalue weighted by atomic mass is 32.2. The second-order valence-corrected chi connectivity index (χ2v) is 34.0. The van der Waals surface area contributed by atoms with E-state index in [1.807, 2.05) is 131 Å². The van der Waals surface area contributed by atoms with E-state index in [1.165, 1.54) is 11.6 Å². The standard InChI is InChI=1S/C78H98FNO12PS/c1-73(2,3)91-72(85)80(43-23-8-9-24-44-87-45-25-22-28-55-26-14-10-15-27-55)52-66(82)57-35-38-67(92-93(6,7)86)58(48-57)54-94-46-40-56(41-47-94)71-89-70-50-65-64-37-36-62-49-63(81)39-42-74(62,4)77(64,79)68(83)51-75(65,5)78(70,90-71)69(84)53-88-76(59-29-16-11-17-30-59,60-31-18-12-19-32-60)61-33-20-13-21-34-61/h10-21,26-27,29-35,38-39,42,48-49,56,64-66,68,70-71,82-83H,8-9,22-25,28,36-37,40-41,43-47,50-54H2,1-7H3/q+1/t56?,64-,65-,66?,68-,70+,71+,74-,75-,77-,78+,94?/m0/s1. The van der Waals surface area contributed by atoms with Crippen molar-refractivity contribution in [2.45, 2.75) is 171 Å². The summed E-state index contributed by atoms with van der Waals surface area (Å²) in [5.74, 6) is 0.954. The predicted octanol–water partition coefficient (Wildman–Crippen LogP) is 15.0. The fourth-order valence-electron chi connectivity index (χ4n) is 16.5. The lowest BCUT2D eigenvalue weighted by atomic mass is 9.44. The lowest BCUT2D eigenvalue weighted by Crippen LogP contribution is -2.70. The van der Waals surface area contributed by atoms with Crippen LogP contribution >= 0.6 is 7.37 Å². The van der Waals surface area contributed by atoms with E-state index >= 15 is 9.18 Å². The third-order valence-electron chi connectivity index (χ3n) is 21.2. The summed E-state index contributed by atoms with van der Waals surface area (Å²) in [4.78, 5) is 44.4. The summed E-state index contributed by atoms with van der Waals surface area (Å²) in [6.45, 7) is 14.0. The van der Waals surface area contributed by atoms with Crippen LogP contribution in [0.5, 0.6) is 5.75 Å². The number of halogens is 1. The van der Waals surface area contributed by atoms with E-state index in [1.54, 1.807) is 49.4 Å². The summed E-state index contributed by atoms with van der Waals surface area (Å²) in [6.07, 6.45) is 9.24. The fourth-order valence-corrected chi connectivity index (χ4v) is 19.6. The largest absolute Gasteiger partial charge is 0.444 e. The van der Waals surface area contributed by atoms with E-state index in [0.717, 1.165) is 85.3 Å². The summed E-state index contributed by atoms with van der Waals surface area (Å²) in [5, 5.41) is 24.6. The minimum Gasteiger partial charge on any atom is -0.444 e. The van der Waals surface area contributed by atoms with Crippen LogP contribution in [0.2, 0.25) is 0 Å². The Labute approximate surface area is 559 Å². The number of aryl methyl sites for hydroxylation is 1. The molecule has 2 saturated heterocycles. The molecule has 94 heavy (non-hydrogen) atoms. The second kappa shape index (κ2) is 29.1. The molecule has 2 N–H and O–H groups in total. The van der Waals surface area contributed by atoms with Gasteiger partial charge in [0.25, 0.3) is 0 Å². The Hall–Kier alpha value is -5.74. The molecule has 5 aromatic rings. The molecule has 2 aliphatic heterocycles. The van der Waals surface area contributed by atoms with E-state index < -0.39 is 83.2 Å². The van der Waals surface area contributed by atoms with E-state index in [0.29, 0.717) is 67.9 Å². The minimum absolute atomic E-state index is 0.0196. The molecule has 0 radical (unpaired) electrons. The average molecular weight is 1320 g/mol. The number of aliphatic hydroxyl groups excluding tert-OH is 2. The van der Waals surface area contributed by atoms with Gasteiger partial charge in [-0.1, -0.05) is 159 Å². The summed E-state index contributed by atoms with van der Waals surface area (Å²) < 4.78 is 72.1. The maximum Gasteiger partial charge on any atom is 0.410 e. The first-order chi connectivity index (χ1) is 45.0. The maximum absolute atomic E-state index is 18.7. The Balaban J connectivity index is 0.795. The molecule has 10 atom stereocenters. The van der Waals surface area contributed by atoms with Gasteiger partial charge >= 0.3 is 6.09 Å². The number of rotatable bonds is 27. The van der Waals surface area contributed by atoms with Gasteiger partial charge in [0.2, 0.25) is 7.37 Å². The van der Waals surface area contributed by atoms with Gasteiger partial charge < -0.3 is 43.3 Å². The number of ketones is 2. The summed E-state index contributed by atoms with van der Waals surface area (Å²) in [7, 11) is -3.22. The van der Waals surface area contributed by atoms with Crippen LogP contribution in [0.25, 0.3) is 0 Å². The fraction of sp³-hybridized carbons (Fsp3) is 0.526. The number of carbonyl (C=O) groups is 3. The normalized spacial score (nSPS) is 28.5. The first kappa shape index (κ1) is 69.6. The number of allylic oxidation sites excluding steroid dienone is 4. The van der Waals surface area contributed by atoms with Crippen molar-refractivity contribution in [3.63, 3.8) is 0 Å². The number of nitrogens with zero attached hydrogens (tertiary/aromatic N) is 1. The summed E-state index contributed by atoms with van der Waals surface area (Å²) in [5.41, 5.74) is -2.10. The topological polar surface area (TPSA) is 167 Å². The number of fused-ring (bicyclic) bond motifs is 7. The number of alkyl halides is 1. The molecule has 4 aliphatic carbocycles. The zero-order valence-electron chi connectivity index (χ0n) is 56.1. The van der Waals surface area contributed by atoms with Crippen LogP contribution in [0.3, 0.4) is 0 Å². The van der Waals surface area contributed by atoms with Crippen LogP contribution in [0.1, 0.15) is 151 Å². The Morgan fingerprint density at radius 1 is 0.798 bits per heavy atom. The van der Waals surface area contributed by atoms with E-state index in [9.17, 15) is 24.4 Å². The highest BCUT2D eigenvalue weighted by Gasteiger charge is 2.79. The number of hydrogen-bond donors (Lipinski definition) is 2. The molecular weight excluding hydrogens is 1220 g/mol. The molecule has 5 fully saturated rings. The van der Waals surface area contributed by atoms with E-state index in [-0.39, 0.29) is 48.0 Å². The lowest BCUT2D eigenvalue weighted by molar-refractivity contribution is -0.236. The monoisotopic (exact) mass is 1320 g/mol. The van der Waals surface area contributed by atoms with Crippen molar-refractivity contribution in [3.8, 4) is 5.75 Å². The van der Waals surface area contributed by atoms with Crippen LogP contribution in [0.15, 0.2) is 163 Å². The number of ether oxygens (including phenoxy) is 5. The highest BCUT2D eigenvalue weighted by Crippen LogP contribution is 2.72. The van der Waals surface area contributed by atoms with E-state index in [2.05, 4.69) is 24.3 Å². The molecule has 0 aromatic heterocycles. The Morgan fingerprint density at radius 3 is 2.02 bits per heavy atom. The summed E-state index contributed by atoms with van der Waals surface area (Å²) in [6, 6.07) is 45.7. The molecule has 5 aromatic carbocycles. The maximum atomic E-state index is 18.7. The molecule has 1 amide bonds. The highest BCUT2D eigenvalue weighted by molar-refractivity contribution is 7.96. The van der Waals surface area contributed by atoms with Crippen molar-refractivity contribution in [3.05, 3.63) is 197 Å². The molecule has 13 nitrogen and oxygen atoms in total. The number of aliphatic hydroxyl groups is 2. The Kier molecular flexibility index (Phi) is 21.6. The van der Waals surface area contributed by atoms with Gasteiger partial charge in [-0.3, -0.25) is 14.2 Å². The lowest BCUT2D eigenvalue weighted by Gasteiger charge is -2.62. The van der Waals surface area contributed by atoms with Crippen molar-refractivity contribution in [2.24, 2.45) is 28.6 Å². The zero-order valence-corrected chi connectivity index (χ0v) is 57.8. The molecule has 6 aliphatic rings. The second-order valence-electron chi connectivity index (χ2n) is 29.0. The third kappa shape index (κ3) is 14.5. The molecule has 1 unspecified atom stereocenters. The van der Waals surface area contributed by atoms with Gasteiger partial charge in [0.15, 0.2) is 29.1 Å². The van der Waals surface area contributed by atoms with Crippen molar-refractivity contribution in [1.82, 2.24) is 4.90 Å². The minimum atomic E-state index is -3.02. The third-order valence-corrected chi connectivity index (χ3v) is 24.2. The van der Waals surface area contributed by atoms with Crippen molar-refractivity contribution < 1.29 is 61.8 Å². The number of benzene rings is 5. The number of carbonyl (C=O) groups excluding carboxylic acids is 3. The van der Waals surface area contributed by atoms with Gasteiger partial charge in [-0.2, -0.15) is 0 Å². The molecule has 3 saturated carbocycles. The Bertz CT molecular complexity index is 3420.